The standard InChI is InChI=1S/C25H27N5O6/c1-4-34-18-6-5-7-19(14-18)36-16-23(31)26-12-13-35-24-11-10-22-27-28-25(30(22)29-24)20-15-17(32-2)8-9-21(20)33-3/h5-11,14-15H,4,12-13,16H2,1-3H3,(H,26,31). The molecule has 11 nitrogen and oxygen atoms in total. The Morgan fingerprint density at radius 1 is 0.917 bits per heavy atom. The summed E-state index contributed by atoms with van der Waals surface area (Å²) in [6.45, 7) is 2.83. The highest BCUT2D eigenvalue weighted by Crippen LogP contribution is 2.32. The number of carbonyl (C=O) groups excluding carboxylic acids is 1. The lowest BCUT2D eigenvalue weighted by atomic mass is 10.2. The number of fused-ring (bicyclic) bond motifs is 1. The number of aromatic nitrogens is 4. The van der Waals surface area contributed by atoms with E-state index in [1.165, 1.54) is 0 Å². The summed E-state index contributed by atoms with van der Waals surface area (Å²) in [5.74, 6) is 3.06. The van der Waals surface area contributed by atoms with E-state index < -0.39 is 0 Å². The average molecular weight is 494 g/mol. The third kappa shape index (κ3) is 5.93. The van der Waals surface area contributed by atoms with E-state index in [4.69, 9.17) is 23.7 Å². The van der Waals surface area contributed by atoms with E-state index in [1.54, 1.807) is 61.2 Å². The Labute approximate surface area is 207 Å². The van der Waals surface area contributed by atoms with Crippen molar-refractivity contribution in [3.8, 4) is 40.3 Å². The molecule has 0 aliphatic heterocycles. The van der Waals surface area contributed by atoms with Gasteiger partial charge in [-0.05, 0) is 43.3 Å². The van der Waals surface area contributed by atoms with Crippen LogP contribution in [0.4, 0.5) is 0 Å². The van der Waals surface area contributed by atoms with E-state index in [2.05, 4.69) is 20.6 Å². The first-order valence-corrected chi connectivity index (χ1v) is 11.3. The smallest absolute Gasteiger partial charge is 0.258 e. The van der Waals surface area contributed by atoms with Crippen molar-refractivity contribution in [2.45, 2.75) is 6.92 Å². The predicted molar refractivity (Wildman–Crippen MR) is 131 cm³/mol. The molecule has 2 aromatic heterocycles. The van der Waals surface area contributed by atoms with Crippen LogP contribution in [-0.4, -0.2) is 66.3 Å². The summed E-state index contributed by atoms with van der Waals surface area (Å²) in [4.78, 5) is 12.1. The highest BCUT2D eigenvalue weighted by Gasteiger charge is 2.16. The van der Waals surface area contributed by atoms with E-state index in [1.807, 2.05) is 19.1 Å². The Bertz CT molecular complexity index is 1330. The summed E-state index contributed by atoms with van der Waals surface area (Å²) in [5, 5.41) is 15.7. The normalized spacial score (nSPS) is 10.6. The third-order valence-electron chi connectivity index (χ3n) is 5.05. The summed E-state index contributed by atoms with van der Waals surface area (Å²) in [6, 6.07) is 16.0. The van der Waals surface area contributed by atoms with Crippen LogP contribution in [0.15, 0.2) is 54.6 Å². The van der Waals surface area contributed by atoms with Crippen LogP contribution in [0.2, 0.25) is 0 Å². The van der Waals surface area contributed by atoms with E-state index in [0.717, 1.165) is 0 Å². The maximum absolute atomic E-state index is 12.1. The quantitative estimate of drug-likeness (QED) is 0.297. The van der Waals surface area contributed by atoms with Gasteiger partial charge in [-0.1, -0.05) is 6.07 Å². The van der Waals surface area contributed by atoms with Crippen LogP contribution in [0.1, 0.15) is 6.92 Å². The molecule has 0 aliphatic carbocycles. The van der Waals surface area contributed by atoms with Crippen LogP contribution in [0.25, 0.3) is 17.0 Å². The van der Waals surface area contributed by atoms with Crippen LogP contribution >= 0.6 is 0 Å². The van der Waals surface area contributed by atoms with Gasteiger partial charge < -0.3 is 29.0 Å². The number of nitrogens with one attached hydrogen (secondary N) is 1. The van der Waals surface area contributed by atoms with Gasteiger partial charge >= 0.3 is 0 Å². The van der Waals surface area contributed by atoms with Gasteiger partial charge in [0.1, 0.15) is 29.6 Å². The minimum atomic E-state index is -0.268. The first-order valence-electron chi connectivity index (χ1n) is 11.3. The molecule has 36 heavy (non-hydrogen) atoms. The molecule has 0 radical (unpaired) electrons. The summed E-state index contributed by atoms with van der Waals surface area (Å²) in [7, 11) is 3.16. The molecule has 11 heteroatoms. The summed E-state index contributed by atoms with van der Waals surface area (Å²) < 4.78 is 29.0. The van der Waals surface area contributed by atoms with Gasteiger partial charge in [-0.15, -0.1) is 15.3 Å². The highest BCUT2D eigenvalue weighted by molar-refractivity contribution is 5.77. The van der Waals surface area contributed by atoms with E-state index in [9.17, 15) is 4.79 Å². The van der Waals surface area contributed by atoms with Crippen LogP contribution < -0.4 is 29.0 Å². The largest absolute Gasteiger partial charge is 0.497 e. The Hall–Kier alpha value is -4.54. The van der Waals surface area contributed by atoms with Crippen molar-refractivity contribution in [3.63, 3.8) is 0 Å². The molecule has 0 spiro atoms. The molecular formula is C25H27N5O6. The van der Waals surface area contributed by atoms with Gasteiger partial charge in [0.2, 0.25) is 5.88 Å². The zero-order valence-electron chi connectivity index (χ0n) is 20.3. The van der Waals surface area contributed by atoms with Crippen molar-refractivity contribution in [1.82, 2.24) is 25.1 Å². The number of methoxy groups -OCH3 is 2. The lowest BCUT2D eigenvalue weighted by Crippen LogP contribution is -2.32. The van der Waals surface area contributed by atoms with Crippen molar-refractivity contribution in [2.75, 3.05) is 40.6 Å². The van der Waals surface area contributed by atoms with Gasteiger partial charge in [-0.25, -0.2) is 0 Å². The predicted octanol–water partition coefficient (Wildman–Crippen LogP) is 2.78. The molecule has 0 bridgehead atoms. The summed E-state index contributed by atoms with van der Waals surface area (Å²) in [5.41, 5.74) is 1.22. The molecule has 0 unspecified atom stereocenters. The number of amides is 1. The lowest BCUT2D eigenvalue weighted by Gasteiger charge is -2.10. The fourth-order valence-corrected chi connectivity index (χ4v) is 3.37. The fraction of sp³-hybridized carbons (Fsp3) is 0.280. The minimum absolute atomic E-state index is 0.119. The number of hydrogen-bond donors (Lipinski definition) is 1. The van der Waals surface area contributed by atoms with Gasteiger partial charge in [-0.3, -0.25) is 4.79 Å². The molecule has 2 aromatic carbocycles. The molecule has 0 atom stereocenters. The van der Waals surface area contributed by atoms with Gasteiger partial charge in [-0.2, -0.15) is 4.52 Å². The second kappa shape index (κ2) is 11.7. The topological polar surface area (TPSA) is 118 Å². The minimum Gasteiger partial charge on any atom is -0.497 e. The van der Waals surface area contributed by atoms with Gasteiger partial charge in [0.15, 0.2) is 18.1 Å². The second-order valence-corrected chi connectivity index (χ2v) is 7.43. The molecule has 4 aromatic rings. The van der Waals surface area contributed by atoms with Gasteiger partial charge in [0.25, 0.3) is 5.91 Å². The first kappa shape index (κ1) is 24.6. The molecule has 2 heterocycles. The van der Waals surface area contributed by atoms with Gasteiger partial charge in [0.05, 0.1) is 32.9 Å². The van der Waals surface area contributed by atoms with Crippen LogP contribution in [0.5, 0.6) is 28.9 Å². The molecule has 4 rings (SSSR count). The zero-order valence-corrected chi connectivity index (χ0v) is 20.3. The monoisotopic (exact) mass is 493 g/mol. The van der Waals surface area contributed by atoms with Crippen LogP contribution in [0, 0.1) is 0 Å². The molecule has 0 saturated carbocycles. The van der Waals surface area contributed by atoms with Crippen molar-refractivity contribution in [1.29, 1.82) is 0 Å². The maximum atomic E-state index is 12.1. The van der Waals surface area contributed by atoms with Crippen LogP contribution in [0.3, 0.4) is 0 Å². The second-order valence-electron chi connectivity index (χ2n) is 7.43. The fourth-order valence-electron chi connectivity index (χ4n) is 3.37. The molecule has 0 saturated heterocycles. The Morgan fingerprint density at radius 3 is 2.53 bits per heavy atom. The molecule has 1 N–H and O–H groups in total. The zero-order chi connectivity index (χ0) is 25.3. The van der Waals surface area contributed by atoms with Crippen molar-refractivity contribution < 1.29 is 28.5 Å². The molecule has 0 aliphatic rings. The first-order chi connectivity index (χ1) is 17.6. The number of benzene rings is 2. The molecule has 1 amide bonds. The van der Waals surface area contributed by atoms with E-state index in [-0.39, 0.29) is 25.7 Å². The van der Waals surface area contributed by atoms with E-state index in [0.29, 0.717) is 52.5 Å². The number of carbonyl (C=O) groups is 1. The third-order valence-corrected chi connectivity index (χ3v) is 5.05. The number of ether oxygens (including phenoxy) is 5. The number of nitrogens with zero attached hydrogens (tertiary/aromatic N) is 4. The Morgan fingerprint density at radius 2 is 1.75 bits per heavy atom. The van der Waals surface area contributed by atoms with Gasteiger partial charge in [0, 0.05) is 12.1 Å². The lowest BCUT2D eigenvalue weighted by molar-refractivity contribution is -0.123. The highest BCUT2D eigenvalue weighted by atomic mass is 16.5. The molecule has 188 valence electrons. The summed E-state index contributed by atoms with van der Waals surface area (Å²) >= 11 is 0. The van der Waals surface area contributed by atoms with Crippen molar-refractivity contribution in [3.05, 3.63) is 54.6 Å². The summed E-state index contributed by atoms with van der Waals surface area (Å²) in [6.07, 6.45) is 0. The number of rotatable bonds is 12. The van der Waals surface area contributed by atoms with Crippen LogP contribution in [-0.2, 0) is 4.79 Å². The van der Waals surface area contributed by atoms with E-state index >= 15 is 0 Å². The number of hydrogen-bond acceptors (Lipinski definition) is 9. The Kier molecular flexibility index (Phi) is 8.01. The Balaban J connectivity index is 1.33. The average Bonchev–Trinajstić information content (AvgIpc) is 3.33. The SMILES string of the molecule is CCOc1cccc(OCC(=O)NCCOc2ccc3nnc(-c4cc(OC)ccc4OC)n3n2)c1. The van der Waals surface area contributed by atoms with Crippen molar-refractivity contribution >= 4 is 11.6 Å². The van der Waals surface area contributed by atoms with Crippen molar-refractivity contribution in [2.24, 2.45) is 0 Å². The molecular weight excluding hydrogens is 466 g/mol. The maximum Gasteiger partial charge on any atom is 0.258 e. The molecule has 0 fully saturated rings.